The predicted octanol–water partition coefficient (Wildman–Crippen LogP) is 1.75. The minimum Gasteiger partial charge on any atom is -0.328 e. The van der Waals surface area contributed by atoms with Crippen molar-refractivity contribution in [2.24, 2.45) is 5.73 Å². The molecule has 1 fully saturated rings. The average molecular weight is 255 g/mol. The molecule has 2 N–H and O–H groups in total. The molecule has 0 saturated carbocycles. The molecule has 0 spiro atoms. The topological polar surface area (TPSA) is 55.0 Å². The highest BCUT2D eigenvalue weighted by Crippen LogP contribution is 2.18. The number of rotatable bonds is 2. The highest BCUT2D eigenvalue weighted by Gasteiger charge is 2.23. The van der Waals surface area contributed by atoms with E-state index >= 15 is 0 Å². The number of hydrogen-bond acceptors (Lipinski definition) is 4. The van der Waals surface area contributed by atoms with Gasteiger partial charge in [-0.15, -0.1) is 0 Å². The van der Waals surface area contributed by atoms with Crippen LogP contribution in [-0.2, 0) is 6.54 Å². The van der Waals surface area contributed by atoms with Gasteiger partial charge >= 0.3 is 0 Å². The molecule has 2 unspecified atom stereocenters. The third-order valence-corrected chi connectivity index (χ3v) is 3.46. The van der Waals surface area contributed by atoms with Crippen LogP contribution in [0.3, 0.4) is 0 Å². The monoisotopic (exact) mass is 254 g/mol. The lowest BCUT2D eigenvalue weighted by atomic mass is 9.99. The van der Waals surface area contributed by atoms with Crippen molar-refractivity contribution in [3.8, 4) is 0 Å². The summed E-state index contributed by atoms with van der Waals surface area (Å²) in [6.45, 7) is 5.91. The Labute approximate surface area is 107 Å². The predicted molar refractivity (Wildman–Crippen MR) is 68.9 cm³/mol. The molecule has 0 amide bonds. The molecule has 2 atom stereocenters. The third-order valence-electron chi connectivity index (χ3n) is 3.27. The highest BCUT2D eigenvalue weighted by atomic mass is 35.5. The molecule has 0 aliphatic carbocycles. The number of aromatic nitrogens is 2. The van der Waals surface area contributed by atoms with E-state index in [4.69, 9.17) is 17.3 Å². The molecule has 1 aromatic rings. The zero-order valence-electron chi connectivity index (χ0n) is 10.4. The number of likely N-dealkylation sites (tertiary alicyclic amines) is 1. The SMILES string of the molecule is Cc1cc(Cl)nc(CN2CCC(N)CC2C)n1. The van der Waals surface area contributed by atoms with Gasteiger partial charge in [0.15, 0.2) is 0 Å². The molecule has 0 aromatic carbocycles. The smallest absolute Gasteiger partial charge is 0.144 e. The lowest BCUT2D eigenvalue weighted by Crippen LogP contribution is -2.45. The Morgan fingerprint density at radius 3 is 2.94 bits per heavy atom. The molecule has 1 saturated heterocycles. The van der Waals surface area contributed by atoms with Crippen LogP contribution in [0, 0.1) is 6.92 Å². The Balaban J connectivity index is 2.05. The maximum Gasteiger partial charge on any atom is 0.144 e. The van der Waals surface area contributed by atoms with E-state index in [1.807, 2.05) is 6.92 Å². The van der Waals surface area contributed by atoms with E-state index in [-0.39, 0.29) is 0 Å². The Kier molecular flexibility index (Phi) is 3.97. The van der Waals surface area contributed by atoms with Gasteiger partial charge in [-0.25, -0.2) is 9.97 Å². The maximum atomic E-state index is 5.95. The minimum atomic E-state index is 0.336. The van der Waals surface area contributed by atoms with Gasteiger partial charge in [-0.1, -0.05) is 11.6 Å². The van der Waals surface area contributed by atoms with Crippen LogP contribution in [0.4, 0.5) is 0 Å². The molecule has 2 heterocycles. The minimum absolute atomic E-state index is 0.336. The van der Waals surface area contributed by atoms with Crippen molar-refractivity contribution in [1.82, 2.24) is 14.9 Å². The Hall–Kier alpha value is -0.710. The maximum absolute atomic E-state index is 5.95. The molecule has 1 aliphatic rings. The van der Waals surface area contributed by atoms with Crippen LogP contribution in [-0.4, -0.2) is 33.5 Å². The van der Waals surface area contributed by atoms with Crippen LogP contribution in [0.1, 0.15) is 31.3 Å². The second-order valence-electron chi connectivity index (χ2n) is 4.85. The van der Waals surface area contributed by atoms with Crippen LogP contribution >= 0.6 is 11.6 Å². The summed E-state index contributed by atoms with van der Waals surface area (Å²) in [5.74, 6) is 0.803. The molecule has 5 heteroatoms. The Morgan fingerprint density at radius 1 is 1.53 bits per heavy atom. The van der Waals surface area contributed by atoms with Crippen LogP contribution in [0.15, 0.2) is 6.07 Å². The van der Waals surface area contributed by atoms with Gasteiger partial charge in [-0.2, -0.15) is 0 Å². The van der Waals surface area contributed by atoms with E-state index < -0.39 is 0 Å². The van der Waals surface area contributed by atoms with E-state index in [1.165, 1.54) is 0 Å². The Bertz CT molecular complexity index is 376. The summed E-state index contributed by atoms with van der Waals surface area (Å²) in [5.41, 5.74) is 6.87. The largest absolute Gasteiger partial charge is 0.328 e. The van der Waals surface area contributed by atoms with Crippen LogP contribution in [0.25, 0.3) is 0 Å². The van der Waals surface area contributed by atoms with Gasteiger partial charge in [-0.3, -0.25) is 4.90 Å². The van der Waals surface area contributed by atoms with Gasteiger partial charge in [0.05, 0.1) is 6.54 Å². The number of halogens is 1. The normalized spacial score (nSPS) is 26.1. The zero-order valence-corrected chi connectivity index (χ0v) is 11.1. The summed E-state index contributed by atoms with van der Waals surface area (Å²) < 4.78 is 0. The van der Waals surface area contributed by atoms with E-state index in [0.29, 0.717) is 17.2 Å². The molecule has 1 aliphatic heterocycles. The summed E-state index contributed by atoms with van der Waals surface area (Å²) in [7, 11) is 0. The second-order valence-corrected chi connectivity index (χ2v) is 5.24. The molecule has 0 radical (unpaired) electrons. The van der Waals surface area contributed by atoms with Crippen LogP contribution in [0.5, 0.6) is 0 Å². The van der Waals surface area contributed by atoms with Crippen LogP contribution in [0.2, 0.25) is 5.15 Å². The first-order chi connectivity index (χ1) is 8.04. The first-order valence-electron chi connectivity index (χ1n) is 6.04. The van der Waals surface area contributed by atoms with Crippen molar-refractivity contribution in [3.05, 3.63) is 22.7 Å². The average Bonchev–Trinajstić information content (AvgIpc) is 2.21. The van der Waals surface area contributed by atoms with Crippen molar-refractivity contribution >= 4 is 11.6 Å². The zero-order chi connectivity index (χ0) is 12.4. The molecule has 2 rings (SSSR count). The Morgan fingerprint density at radius 2 is 2.29 bits per heavy atom. The van der Waals surface area contributed by atoms with Crippen molar-refractivity contribution in [3.63, 3.8) is 0 Å². The first-order valence-corrected chi connectivity index (χ1v) is 6.42. The first kappa shape index (κ1) is 12.7. The van der Waals surface area contributed by atoms with Crippen molar-refractivity contribution in [1.29, 1.82) is 0 Å². The van der Waals surface area contributed by atoms with Crippen molar-refractivity contribution in [2.75, 3.05) is 6.54 Å². The molecule has 17 heavy (non-hydrogen) atoms. The summed E-state index contributed by atoms with van der Waals surface area (Å²) in [6, 6.07) is 2.60. The molecule has 4 nitrogen and oxygen atoms in total. The number of aryl methyl sites for hydroxylation is 1. The fourth-order valence-corrected chi connectivity index (χ4v) is 2.59. The van der Waals surface area contributed by atoms with Gasteiger partial charge in [0.2, 0.25) is 0 Å². The number of nitrogens with zero attached hydrogens (tertiary/aromatic N) is 3. The second kappa shape index (κ2) is 5.29. The lowest BCUT2D eigenvalue weighted by molar-refractivity contribution is 0.136. The molecule has 0 bridgehead atoms. The quantitative estimate of drug-likeness (QED) is 0.817. The van der Waals surface area contributed by atoms with E-state index in [2.05, 4.69) is 21.8 Å². The van der Waals surface area contributed by atoms with Crippen LogP contribution < -0.4 is 5.73 Å². The molecular formula is C12H19ClN4. The molecular weight excluding hydrogens is 236 g/mol. The summed E-state index contributed by atoms with van der Waals surface area (Å²) in [4.78, 5) is 11.0. The molecule has 94 valence electrons. The number of piperidine rings is 1. The number of nitrogens with two attached hydrogens (primary N) is 1. The fraction of sp³-hybridized carbons (Fsp3) is 0.667. The van der Waals surface area contributed by atoms with Gasteiger partial charge in [0, 0.05) is 24.3 Å². The highest BCUT2D eigenvalue weighted by molar-refractivity contribution is 6.29. The van der Waals surface area contributed by atoms with Gasteiger partial charge in [0.25, 0.3) is 0 Å². The van der Waals surface area contributed by atoms with Gasteiger partial charge in [-0.05, 0) is 32.8 Å². The van der Waals surface area contributed by atoms with Crippen molar-refractivity contribution < 1.29 is 0 Å². The standard InChI is InChI=1S/C12H19ClN4/c1-8-5-11(13)16-12(15-8)7-17-4-3-10(14)6-9(17)2/h5,9-10H,3-4,6-7,14H2,1-2H3. The van der Waals surface area contributed by atoms with Gasteiger partial charge < -0.3 is 5.73 Å². The third kappa shape index (κ3) is 3.37. The summed E-state index contributed by atoms with van der Waals surface area (Å²) >= 11 is 5.94. The lowest BCUT2D eigenvalue weighted by Gasteiger charge is -2.35. The number of hydrogen-bond donors (Lipinski definition) is 1. The fourth-order valence-electron chi connectivity index (χ4n) is 2.33. The van der Waals surface area contributed by atoms with E-state index in [1.54, 1.807) is 6.07 Å². The van der Waals surface area contributed by atoms with E-state index in [9.17, 15) is 0 Å². The summed E-state index contributed by atoms with van der Waals surface area (Å²) in [6.07, 6.45) is 2.09. The van der Waals surface area contributed by atoms with E-state index in [0.717, 1.165) is 37.4 Å². The van der Waals surface area contributed by atoms with Crippen molar-refractivity contribution in [2.45, 2.75) is 45.3 Å². The summed E-state index contributed by atoms with van der Waals surface area (Å²) in [5, 5.41) is 0.522. The van der Waals surface area contributed by atoms with Gasteiger partial charge in [0.1, 0.15) is 11.0 Å². The molecule has 1 aromatic heterocycles.